The molecule has 3 heterocycles. The number of ether oxygens (including phenoxy) is 1. The lowest BCUT2D eigenvalue weighted by atomic mass is 10.0. The predicted octanol–water partition coefficient (Wildman–Crippen LogP) is 5.95. The second-order valence-electron chi connectivity index (χ2n) is 10.1. The number of fused-ring (bicyclic) bond motifs is 1. The Morgan fingerprint density at radius 2 is 1.91 bits per heavy atom. The normalized spacial score (nSPS) is 13.8. The van der Waals surface area contributed by atoms with E-state index < -0.39 is 11.9 Å². The largest absolute Gasteiger partial charge is 0.378 e. The molecule has 13 heteroatoms. The van der Waals surface area contributed by atoms with E-state index in [1.54, 1.807) is 23.2 Å². The fourth-order valence-electron chi connectivity index (χ4n) is 5.02. The Balaban J connectivity index is 1.37. The summed E-state index contributed by atoms with van der Waals surface area (Å²) < 4.78 is 20.7. The van der Waals surface area contributed by atoms with E-state index in [1.807, 2.05) is 30.3 Å². The molecule has 2 aromatic heterocycles. The van der Waals surface area contributed by atoms with Gasteiger partial charge in [0.15, 0.2) is 0 Å². The molecule has 2 N–H and O–H groups in total. The maximum absolute atomic E-state index is 13.8. The maximum Gasteiger partial charge on any atom is 0.244 e. The SMILES string of the molecule is N#Cc1cnc2c(N[C@@H](c3ccccc3)c3cn(CC(=O)N4CCOCC4)nn3)cc(Cl)cc2c1Nc1ccc(F)c(Cl)c1. The number of hydrogen-bond donors (Lipinski definition) is 2. The zero-order valence-corrected chi connectivity index (χ0v) is 24.7. The highest BCUT2D eigenvalue weighted by Gasteiger charge is 2.23. The molecule has 0 saturated carbocycles. The van der Waals surface area contributed by atoms with Gasteiger partial charge in [0.1, 0.15) is 24.1 Å². The van der Waals surface area contributed by atoms with Gasteiger partial charge in [-0.15, -0.1) is 5.10 Å². The standard InChI is InChI=1S/C31H25Cl2FN8O2/c32-21-12-23-29(37-22-6-7-25(34)24(33)14-22)20(15-35)16-36-31(23)26(13-21)38-30(19-4-2-1-3-5-19)27-17-42(40-39-27)18-28(43)41-8-10-44-11-9-41/h1-7,12-14,16-17,30,38H,8-11,18H2,(H,36,37)/t30-/m0/s1. The molecule has 1 fully saturated rings. The summed E-state index contributed by atoms with van der Waals surface area (Å²) in [6.45, 7) is 2.17. The highest BCUT2D eigenvalue weighted by molar-refractivity contribution is 6.32. The first-order valence-electron chi connectivity index (χ1n) is 13.7. The van der Waals surface area contributed by atoms with Crippen LogP contribution in [-0.4, -0.2) is 57.1 Å². The number of amides is 1. The van der Waals surface area contributed by atoms with E-state index >= 15 is 0 Å². The summed E-state index contributed by atoms with van der Waals surface area (Å²) in [5.41, 5.74) is 3.76. The van der Waals surface area contributed by atoms with Crippen LogP contribution in [0.4, 0.5) is 21.5 Å². The van der Waals surface area contributed by atoms with Crippen LogP contribution in [0.5, 0.6) is 0 Å². The van der Waals surface area contributed by atoms with Crippen molar-refractivity contribution >= 4 is 57.1 Å². The van der Waals surface area contributed by atoms with Gasteiger partial charge in [0.25, 0.3) is 0 Å². The van der Waals surface area contributed by atoms with Gasteiger partial charge in [-0.3, -0.25) is 9.78 Å². The molecule has 1 aliphatic rings. The first kappa shape index (κ1) is 29.3. The van der Waals surface area contributed by atoms with Crippen molar-refractivity contribution in [3.05, 3.63) is 106 Å². The van der Waals surface area contributed by atoms with Crippen LogP contribution in [0.3, 0.4) is 0 Å². The fourth-order valence-corrected chi connectivity index (χ4v) is 5.42. The number of hydrogen-bond acceptors (Lipinski definition) is 8. The summed E-state index contributed by atoms with van der Waals surface area (Å²) in [5, 5.41) is 26.1. The summed E-state index contributed by atoms with van der Waals surface area (Å²) in [4.78, 5) is 19.2. The van der Waals surface area contributed by atoms with Gasteiger partial charge in [0.05, 0.1) is 52.9 Å². The number of pyridine rings is 1. The van der Waals surface area contributed by atoms with Crippen LogP contribution >= 0.6 is 23.2 Å². The van der Waals surface area contributed by atoms with Crippen LogP contribution in [-0.2, 0) is 16.1 Å². The lowest BCUT2D eigenvalue weighted by molar-refractivity contribution is -0.136. The Bertz CT molecular complexity index is 1870. The fraction of sp³-hybridized carbons (Fsp3) is 0.194. The number of anilines is 3. The average Bonchev–Trinajstić information content (AvgIpc) is 3.50. The third-order valence-corrected chi connectivity index (χ3v) is 7.70. The van der Waals surface area contributed by atoms with E-state index in [2.05, 4.69) is 32.0 Å². The number of nitrogens with one attached hydrogen (secondary N) is 2. The highest BCUT2D eigenvalue weighted by atomic mass is 35.5. The van der Waals surface area contributed by atoms with Crippen LogP contribution < -0.4 is 10.6 Å². The third-order valence-electron chi connectivity index (χ3n) is 7.19. The Labute approximate surface area is 262 Å². The van der Waals surface area contributed by atoms with E-state index in [1.165, 1.54) is 29.1 Å². The second-order valence-corrected chi connectivity index (χ2v) is 10.9. The minimum Gasteiger partial charge on any atom is -0.378 e. The van der Waals surface area contributed by atoms with Crippen LogP contribution in [0, 0.1) is 17.1 Å². The van der Waals surface area contributed by atoms with Crippen molar-refractivity contribution in [3.63, 3.8) is 0 Å². The van der Waals surface area contributed by atoms with Gasteiger partial charge in [-0.2, -0.15) is 5.26 Å². The molecule has 0 bridgehead atoms. The summed E-state index contributed by atoms with van der Waals surface area (Å²) >= 11 is 12.6. The van der Waals surface area contributed by atoms with Gasteiger partial charge in [0, 0.05) is 35.4 Å². The van der Waals surface area contributed by atoms with Crippen LogP contribution in [0.2, 0.25) is 10.0 Å². The zero-order chi connectivity index (χ0) is 30.6. The molecular formula is C31H25Cl2FN8O2. The monoisotopic (exact) mass is 630 g/mol. The molecule has 10 nitrogen and oxygen atoms in total. The Morgan fingerprint density at radius 1 is 1.11 bits per heavy atom. The number of nitrogens with zero attached hydrogens (tertiary/aromatic N) is 6. The van der Waals surface area contributed by atoms with E-state index in [4.69, 9.17) is 27.9 Å². The molecule has 0 unspecified atom stereocenters. The molecule has 1 aliphatic heterocycles. The molecule has 5 aromatic rings. The Kier molecular flexibility index (Phi) is 8.56. The molecular weight excluding hydrogens is 606 g/mol. The molecule has 1 saturated heterocycles. The number of carbonyl (C=O) groups excluding carboxylic acids is 1. The molecule has 222 valence electrons. The van der Waals surface area contributed by atoms with Gasteiger partial charge < -0.3 is 20.3 Å². The molecule has 1 atom stereocenters. The summed E-state index contributed by atoms with van der Waals surface area (Å²) in [7, 11) is 0. The predicted molar refractivity (Wildman–Crippen MR) is 165 cm³/mol. The molecule has 6 rings (SSSR count). The van der Waals surface area contributed by atoms with Crippen LogP contribution in [0.25, 0.3) is 10.9 Å². The summed E-state index contributed by atoms with van der Waals surface area (Å²) in [6, 6.07) is 19.0. The lowest BCUT2D eigenvalue weighted by Crippen LogP contribution is -2.42. The van der Waals surface area contributed by atoms with Gasteiger partial charge in [-0.1, -0.05) is 58.7 Å². The molecule has 3 aromatic carbocycles. The van der Waals surface area contributed by atoms with E-state index in [-0.39, 0.29) is 23.0 Å². The van der Waals surface area contributed by atoms with Gasteiger partial charge in [-0.25, -0.2) is 9.07 Å². The first-order chi connectivity index (χ1) is 21.4. The van der Waals surface area contributed by atoms with Crippen molar-refractivity contribution in [2.45, 2.75) is 12.6 Å². The molecule has 0 aliphatic carbocycles. The van der Waals surface area contributed by atoms with Crippen molar-refractivity contribution in [2.75, 3.05) is 36.9 Å². The van der Waals surface area contributed by atoms with Gasteiger partial charge >= 0.3 is 0 Å². The van der Waals surface area contributed by atoms with Crippen molar-refractivity contribution in [1.82, 2.24) is 24.9 Å². The molecule has 1 amide bonds. The topological polar surface area (TPSA) is 121 Å². The number of halogens is 3. The molecule has 0 radical (unpaired) electrons. The number of nitriles is 1. The van der Waals surface area contributed by atoms with Crippen LogP contribution in [0.15, 0.2) is 73.1 Å². The molecule has 44 heavy (non-hydrogen) atoms. The third kappa shape index (κ3) is 6.28. The number of rotatable bonds is 8. The summed E-state index contributed by atoms with van der Waals surface area (Å²) in [6.07, 6.45) is 3.20. The minimum atomic E-state index is -0.554. The number of benzene rings is 3. The quantitative estimate of drug-likeness (QED) is 0.216. The Hall–Kier alpha value is -4.76. The van der Waals surface area contributed by atoms with Crippen molar-refractivity contribution in [1.29, 1.82) is 5.26 Å². The van der Waals surface area contributed by atoms with Gasteiger partial charge in [0.2, 0.25) is 5.91 Å². The highest BCUT2D eigenvalue weighted by Crippen LogP contribution is 2.37. The van der Waals surface area contributed by atoms with E-state index in [0.29, 0.717) is 65.0 Å². The molecule has 0 spiro atoms. The lowest BCUT2D eigenvalue weighted by Gasteiger charge is -2.26. The smallest absolute Gasteiger partial charge is 0.244 e. The second kappa shape index (κ2) is 12.9. The maximum atomic E-state index is 13.8. The first-order valence-corrected chi connectivity index (χ1v) is 14.5. The number of aromatic nitrogens is 4. The van der Waals surface area contributed by atoms with E-state index in [0.717, 1.165) is 5.56 Å². The van der Waals surface area contributed by atoms with Crippen molar-refractivity contribution < 1.29 is 13.9 Å². The van der Waals surface area contributed by atoms with Crippen molar-refractivity contribution in [3.8, 4) is 6.07 Å². The van der Waals surface area contributed by atoms with Crippen LogP contribution in [0.1, 0.15) is 22.9 Å². The average molecular weight is 631 g/mol. The van der Waals surface area contributed by atoms with Gasteiger partial charge in [-0.05, 0) is 35.9 Å². The summed E-state index contributed by atoms with van der Waals surface area (Å²) in [5.74, 6) is -0.615. The minimum absolute atomic E-state index is 0.0511. The number of carbonyl (C=O) groups is 1. The van der Waals surface area contributed by atoms with Crippen molar-refractivity contribution in [2.24, 2.45) is 0 Å². The zero-order valence-electron chi connectivity index (χ0n) is 23.2. The Morgan fingerprint density at radius 3 is 2.66 bits per heavy atom. The number of morpholine rings is 1. The van der Waals surface area contributed by atoms with E-state index in [9.17, 15) is 14.4 Å².